The van der Waals surface area contributed by atoms with E-state index in [-0.39, 0.29) is 4.90 Å². The second kappa shape index (κ2) is 9.99. The zero-order valence-corrected chi connectivity index (χ0v) is 17.1. The van der Waals surface area contributed by atoms with E-state index in [0.29, 0.717) is 13.0 Å². The number of carbonyl (C=O) groups excluding carboxylic acids is 2. The zero-order chi connectivity index (χ0) is 21.4. The van der Waals surface area contributed by atoms with Crippen LogP contribution >= 0.6 is 0 Å². The summed E-state index contributed by atoms with van der Waals surface area (Å²) in [5.41, 5.74) is 2.76. The highest BCUT2D eigenvalue weighted by molar-refractivity contribution is 7.89. The Bertz CT molecular complexity index is 998. The number of nitrogens with one attached hydrogen (secondary N) is 1. The molecule has 0 aliphatic carbocycles. The van der Waals surface area contributed by atoms with Crippen molar-refractivity contribution in [2.45, 2.75) is 31.3 Å². The van der Waals surface area contributed by atoms with Gasteiger partial charge in [-0.05, 0) is 55.2 Å². The first kappa shape index (κ1) is 22.3. The van der Waals surface area contributed by atoms with Crippen molar-refractivity contribution >= 4 is 28.0 Å². The number of hydrogen-bond acceptors (Lipinski definition) is 5. The van der Waals surface area contributed by atoms with Crippen LogP contribution in [-0.2, 0) is 30.8 Å². The molecular weight excluding hydrogens is 392 g/mol. The van der Waals surface area contributed by atoms with E-state index >= 15 is 0 Å². The van der Waals surface area contributed by atoms with Gasteiger partial charge in [0.15, 0.2) is 6.10 Å². The van der Waals surface area contributed by atoms with Crippen LogP contribution < -0.4 is 10.5 Å². The SMILES string of the molecule is Cc1ccccc1/C=C/C(=O)O[C@H](C)C(=O)NCCc1ccc(S(N)(=O)=O)cc1. The maximum absolute atomic E-state index is 12.1. The summed E-state index contributed by atoms with van der Waals surface area (Å²) < 4.78 is 27.6. The van der Waals surface area contributed by atoms with E-state index in [1.165, 1.54) is 25.1 Å². The van der Waals surface area contributed by atoms with Crippen LogP contribution in [0.5, 0.6) is 0 Å². The van der Waals surface area contributed by atoms with Crippen LogP contribution in [-0.4, -0.2) is 32.9 Å². The average molecular weight is 416 g/mol. The lowest BCUT2D eigenvalue weighted by Gasteiger charge is -2.12. The summed E-state index contributed by atoms with van der Waals surface area (Å²) in [6, 6.07) is 13.7. The number of primary sulfonamides is 1. The van der Waals surface area contributed by atoms with Crippen molar-refractivity contribution in [3.05, 3.63) is 71.3 Å². The Morgan fingerprint density at radius 1 is 1.14 bits per heavy atom. The molecule has 0 saturated carbocycles. The van der Waals surface area contributed by atoms with Crippen LogP contribution in [0.3, 0.4) is 0 Å². The van der Waals surface area contributed by atoms with E-state index in [4.69, 9.17) is 9.88 Å². The first-order valence-electron chi connectivity index (χ1n) is 9.00. The van der Waals surface area contributed by atoms with Crippen molar-refractivity contribution in [1.29, 1.82) is 0 Å². The first-order valence-corrected chi connectivity index (χ1v) is 10.6. The minimum absolute atomic E-state index is 0.0320. The highest BCUT2D eigenvalue weighted by Crippen LogP contribution is 2.10. The zero-order valence-electron chi connectivity index (χ0n) is 16.3. The van der Waals surface area contributed by atoms with Gasteiger partial charge in [-0.2, -0.15) is 0 Å². The van der Waals surface area contributed by atoms with Gasteiger partial charge in [0.1, 0.15) is 0 Å². The quantitative estimate of drug-likeness (QED) is 0.504. The molecule has 8 heteroatoms. The van der Waals surface area contributed by atoms with E-state index < -0.39 is 28.0 Å². The predicted octanol–water partition coefficient (Wildman–Crippen LogP) is 1.95. The molecule has 2 aromatic carbocycles. The Hall–Kier alpha value is -2.97. The highest BCUT2D eigenvalue weighted by atomic mass is 32.2. The standard InChI is InChI=1S/C21H24N2O5S/c1-15-5-3-4-6-18(15)9-12-20(24)28-16(2)21(25)23-14-13-17-7-10-19(11-8-17)29(22,26)27/h3-12,16H,13-14H2,1-2H3,(H,23,25)(H2,22,26,27)/b12-9+/t16-/m1/s1. The molecule has 0 bridgehead atoms. The summed E-state index contributed by atoms with van der Waals surface area (Å²) in [5.74, 6) is -1.02. The lowest BCUT2D eigenvalue weighted by atomic mass is 10.1. The third kappa shape index (κ3) is 7.17. The summed E-state index contributed by atoms with van der Waals surface area (Å²) in [7, 11) is -3.73. The van der Waals surface area contributed by atoms with Crippen LogP contribution in [0.15, 0.2) is 59.5 Å². The molecule has 2 rings (SSSR count). The molecule has 0 aliphatic rings. The summed E-state index contributed by atoms with van der Waals surface area (Å²) in [4.78, 5) is 24.0. The Kier molecular flexibility index (Phi) is 7.69. The van der Waals surface area contributed by atoms with Crippen molar-refractivity contribution in [1.82, 2.24) is 5.32 Å². The summed E-state index contributed by atoms with van der Waals surface area (Å²) in [6.45, 7) is 3.74. The fourth-order valence-corrected chi connectivity index (χ4v) is 3.03. The van der Waals surface area contributed by atoms with E-state index in [2.05, 4.69) is 5.32 Å². The van der Waals surface area contributed by atoms with Crippen molar-refractivity contribution in [2.24, 2.45) is 5.14 Å². The van der Waals surface area contributed by atoms with Gasteiger partial charge in [-0.25, -0.2) is 18.4 Å². The Balaban J connectivity index is 1.78. The highest BCUT2D eigenvalue weighted by Gasteiger charge is 2.16. The van der Waals surface area contributed by atoms with Crippen molar-refractivity contribution in [3.8, 4) is 0 Å². The second-order valence-corrected chi connectivity index (χ2v) is 8.06. The van der Waals surface area contributed by atoms with Gasteiger partial charge in [-0.15, -0.1) is 0 Å². The fourth-order valence-electron chi connectivity index (χ4n) is 2.52. The molecule has 154 valence electrons. The molecular formula is C21H24N2O5S. The maximum atomic E-state index is 12.1. The number of ether oxygens (including phenoxy) is 1. The van der Waals surface area contributed by atoms with E-state index in [1.54, 1.807) is 18.2 Å². The van der Waals surface area contributed by atoms with E-state index in [0.717, 1.165) is 16.7 Å². The summed E-state index contributed by atoms with van der Waals surface area (Å²) in [6.07, 6.45) is 2.49. The van der Waals surface area contributed by atoms with E-state index in [1.807, 2.05) is 31.2 Å². The van der Waals surface area contributed by atoms with Crippen LogP contribution in [0.1, 0.15) is 23.6 Å². The second-order valence-electron chi connectivity index (χ2n) is 6.50. The van der Waals surface area contributed by atoms with Crippen LogP contribution in [0.4, 0.5) is 0 Å². The number of hydrogen-bond donors (Lipinski definition) is 2. The van der Waals surface area contributed by atoms with Gasteiger partial charge in [-0.1, -0.05) is 36.4 Å². The van der Waals surface area contributed by atoms with Crippen molar-refractivity contribution in [2.75, 3.05) is 6.54 Å². The van der Waals surface area contributed by atoms with Gasteiger partial charge >= 0.3 is 5.97 Å². The van der Waals surface area contributed by atoms with Crippen molar-refractivity contribution < 1.29 is 22.7 Å². The minimum atomic E-state index is -3.73. The predicted molar refractivity (Wildman–Crippen MR) is 110 cm³/mol. The number of carbonyl (C=O) groups is 2. The molecule has 7 nitrogen and oxygen atoms in total. The first-order chi connectivity index (χ1) is 13.7. The number of rotatable bonds is 8. The monoisotopic (exact) mass is 416 g/mol. The fraction of sp³-hybridized carbons (Fsp3) is 0.238. The Morgan fingerprint density at radius 3 is 2.41 bits per heavy atom. The van der Waals surface area contributed by atoms with Gasteiger partial charge in [0, 0.05) is 12.6 Å². The van der Waals surface area contributed by atoms with Gasteiger partial charge in [0.2, 0.25) is 10.0 Å². The molecule has 0 aromatic heterocycles. The number of sulfonamides is 1. The largest absolute Gasteiger partial charge is 0.449 e. The minimum Gasteiger partial charge on any atom is -0.449 e. The molecule has 0 heterocycles. The van der Waals surface area contributed by atoms with Crippen LogP contribution in [0.25, 0.3) is 6.08 Å². The number of esters is 1. The van der Waals surface area contributed by atoms with Gasteiger partial charge in [-0.3, -0.25) is 4.79 Å². The summed E-state index contributed by atoms with van der Waals surface area (Å²) >= 11 is 0. The molecule has 1 amide bonds. The molecule has 0 unspecified atom stereocenters. The van der Waals surface area contributed by atoms with Gasteiger partial charge < -0.3 is 10.1 Å². The molecule has 0 aliphatic heterocycles. The third-order valence-electron chi connectivity index (χ3n) is 4.21. The molecule has 0 fully saturated rings. The summed E-state index contributed by atoms with van der Waals surface area (Å²) in [5, 5.41) is 7.73. The third-order valence-corrected chi connectivity index (χ3v) is 5.14. The smallest absolute Gasteiger partial charge is 0.331 e. The Morgan fingerprint density at radius 2 is 1.79 bits per heavy atom. The molecule has 0 saturated heterocycles. The van der Waals surface area contributed by atoms with E-state index in [9.17, 15) is 18.0 Å². The molecule has 2 aromatic rings. The number of amides is 1. The number of nitrogens with two attached hydrogens (primary N) is 1. The Labute approximate surface area is 170 Å². The topological polar surface area (TPSA) is 116 Å². The lowest BCUT2D eigenvalue weighted by Crippen LogP contribution is -2.36. The molecule has 0 spiro atoms. The molecule has 3 N–H and O–H groups in total. The molecule has 0 radical (unpaired) electrons. The molecule has 1 atom stereocenters. The number of benzene rings is 2. The lowest BCUT2D eigenvalue weighted by molar-refractivity contribution is -0.150. The maximum Gasteiger partial charge on any atom is 0.331 e. The van der Waals surface area contributed by atoms with Crippen molar-refractivity contribution in [3.63, 3.8) is 0 Å². The number of aryl methyl sites for hydroxylation is 1. The normalized spacial score (nSPS) is 12.5. The average Bonchev–Trinajstić information content (AvgIpc) is 2.67. The molecule has 29 heavy (non-hydrogen) atoms. The van der Waals surface area contributed by atoms with Crippen LogP contribution in [0.2, 0.25) is 0 Å². The van der Waals surface area contributed by atoms with Gasteiger partial charge in [0.25, 0.3) is 5.91 Å². The van der Waals surface area contributed by atoms with Gasteiger partial charge in [0.05, 0.1) is 4.90 Å². The van der Waals surface area contributed by atoms with Crippen LogP contribution in [0, 0.1) is 6.92 Å².